The molecule has 2 heterocycles. The molecule has 0 aromatic carbocycles. The molecule has 6 nitrogen and oxygen atoms in total. The summed E-state index contributed by atoms with van der Waals surface area (Å²) in [5, 5.41) is -0.664. The number of piperidine rings is 1. The zero-order chi connectivity index (χ0) is 14.0. The van der Waals surface area contributed by atoms with Crippen LogP contribution < -0.4 is 5.73 Å². The van der Waals surface area contributed by atoms with Crippen molar-refractivity contribution in [3.8, 4) is 0 Å². The van der Waals surface area contributed by atoms with Gasteiger partial charge in [0.05, 0.1) is 0 Å². The van der Waals surface area contributed by atoms with Gasteiger partial charge in [0.2, 0.25) is 10.9 Å². The van der Waals surface area contributed by atoms with Crippen LogP contribution in [-0.4, -0.2) is 36.2 Å². The highest BCUT2D eigenvalue weighted by atomic mass is 32.2. The number of carbonyl (C=O) groups is 1. The molecule has 1 atom stereocenters. The smallest absolute Gasteiger partial charge is 0.264 e. The lowest BCUT2D eigenvalue weighted by molar-refractivity contribution is -0.122. The van der Waals surface area contributed by atoms with Crippen LogP contribution >= 0.6 is 0 Å². The fraction of sp³-hybridized carbons (Fsp3) is 0.455. The van der Waals surface area contributed by atoms with Crippen molar-refractivity contribution in [2.75, 3.05) is 6.54 Å². The molecule has 0 radical (unpaired) electrons. The van der Waals surface area contributed by atoms with Gasteiger partial charge in [0, 0.05) is 12.7 Å². The third-order valence-electron chi connectivity index (χ3n) is 3.06. The number of sulfonamides is 1. The molecule has 1 aromatic rings. The Morgan fingerprint density at radius 2 is 2.21 bits per heavy atom. The molecule has 1 aromatic heterocycles. The number of hydrogen-bond acceptors (Lipinski definition) is 4. The molecule has 0 aliphatic carbocycles. The number of pyridine rings is 1. The van der Waals surface area contributed by atoms with Gasteiger partial charge in [-0.2, -0.15) is 4.31 Å². The second kappa shape index (κ2) is 5.22. The van der Waals surface area contributed by atoms with Gasteiger partial charge >= 0.3 is 0 Å². The van der Waals surface area contributed by atoms with Crippen molar-refractivity contribution in [3.05, 3.63) is 24.1 Å². The zero-order valence-corrected chi connectivity index (χ0v) is 10.9. The highest BCUT2D eigenvalue weighted by molar-refractivity contribution is 7.89. The molecule has 1 fully saturated rings. The van der Waals surface area contributed by atoms with Gasteiger partial charge in [-0.05, 0) is 25.0 Å². The minimum absolute atomic E-state index is 0.145. The molecule has 1 saturated heterocycles. The lowest BCUT2D eigenvalue weighted by Crippen LogP contribution is -2.50. The van der Waals surface area contributed by atoms with Crippen LogP contribution in [0, 0.1) is 5.82 Å². The van der Waals surface area contributed by atoms with Crippen molar-refractivity contribution in [2.45, 2.75) is 30.3 Å². The van der Waals surface area contributed by atoms with Crippen LogP contribution in [0.15, 0.2) is 23.4 Å². The first-order chi connectivity index (χ1) is 8.94. The number of amides is 1. The first-order valence-corrected chi connectivity index (χ1v) is 7.30. The van der Waals surface area contributed by atoms with Crippen molar-refractivity contribution in [3.63, 3.8) is 0 Å². The number of hydrogen-bond donors (Lipinski definition) is 1. The Bertz CT molecular complexity index is 591. The average Bonchev–Trinajstić information content (AvgIpc) is 2.39. The predicted molar refractivity (Wildman–Crippen MR) is 64.9 cm³/mol. The zero-order valence-electron chi connectivity index (χ0n) is 10.1. The van der Waals surface area contributed by atoms with Gasteiger partial charge in [0.1, 0.15) is 6.04 Å². The van der Waals surface area contributed by atoms with Crippen LogP contribution in [0.4, 0.5) is 4.39 Å². The number of halogens is 1. The largest absolute Gasteiger partial charge is 0.368 e. The summed E-state index contributed by atoms with van der Waals surface area (Å²) in [4.78, 5) is 14.9. The molecule has 8 heteroatoms. The van der Waals surface area contributed by atoms with Gasteiger partial charge < -0.3 is 5.73 Å². The fourth-order valence-electron chi connectivity index (χ4n) is 2.15. The van der Waals surface area contributed by atoms with E-state index in [1.165, 1.54) is 12.3 Å². The second-order valence-corrected chi connectivity index (χ2v) is 6.13. The molecule has 1 unspecified atom stereocenters. The van der Waals surface area contributed by atoms with E-state index >= 15 is 0 Å². The molecule has 0 saturated carbocycles. The van der Waals surface area contributed by atoms with Crippen LogP contribution in [0.25, 0.3) is 0 Å². The average molecular weight is 287 g/mol. The van der Waals surface area contributed by atoms with Crippen molar-refractivity contribution in [1.82, 2.24) is 9.29 Å². The topological polar surface area (TPSA) is 93.4 Å². The summed E-state index contributed by atoms with van der Waals surface area (Å²) in [6, 6.07) is 1.39. The summed E-state index contributed by atoms with van der Waals surface area (Å²) in [5.74, 6) is -1.66. The summed E-state index contributed by atoms with van der Waals surface area (Å²) < 4.78 is 39.2. The predicted octanol–water partition coefficient (Wildman–Crippen LogP) is 0.249. The Kier molecular flexibility index (Phi) is 3.81. The van der Waals surface area contributed by atoms with E-state index in [0.717, 1.165) is 10.4 Å². The monoisotopic (exact) mass is 287 g/mol. The fourth-order valence-corrected chi connectivity index (χ4v) is 3.79. The van der Waals surface area contributed by atoms with Crippen molar-refractivity contribution < 1.29 is 17.6 Å². The Morgan fingerprint density at radius 3 is 2.84 bits per heavy atom. The molecule has 19 heavy (non-hydrogen) atoms. The van der Waals surface area contributed by atoms with E-state index in [4.69, 9.17) is 5.73 Å². The van der Waals surface area contributed by atoms with Gasteiger partial charge in [0.15, 0.2) is 5.82 Å². The molecular weight excluding hydrogens is 273 g/mol. The quantitative estimate of drug-likeness (QED) is 0.862. The Balaban J connectivity index is 2.43. The maximum atomic E-state index is 13.6. The third-order valence-corrected chi connectivity index (χ3v) is 4.90. The standard InChI is InChI=1S/C11H14FN3O3S/c12-8-4-3-6-14-11(8)19(17,18)15-7-2-1-5-9(15)10(13)16/h3-4,6,9H,1-2,5,7H2,(H2,13,16). The van der Waals surface area contributed by atoms with Crippen molar-refractivity contribution in [2.24, 2.45) is 5.73 Å². The number of carbonyl (C=O) groups excluding carboxylic acids is 1. The molecule has 1 amide bonds. The molecule has 104 valence electrons. The van der Waals surface area contributed by atoms with E-state index in [0.29, 0.717) is 19.3 Å². The minimum atomic E-state index is -4.14. The van der Waals surface area contributed by atoms with E-state index in [2.05, 4.69) is 4.98 Å². The van der Waals surface area contributed by atoms with Crippen LogP contribution in [-0.2, 0) is 14.8 Å². The first-order valence-electron chi connectivity index (χ1n) is 5.86. The Morgan fingerprint density at radius 1 is 1.47 bits per heavy atom. The van der Waals surface area contributed by atoms with Crippen molar-refractivity contribution in [1.29, 1.82) is 0 Å². The Labute approximate surface area is 110 Å². The van der Waals surface area contributed by atoms with Gasteiger partial charge in [0.25, 0.3) is 10.0 Å². The normalized spacial score (nSPS) is 21.2. The number of primary amides is 1. The van der Waals surface area contributed by atoms with Crippen LogP contribution in [0.3, 0.4) is 0 Å². The molecule has 0 spiro atoms. The van der Waals surface area contributed by atoms with Crippen LogP contribution in [0.5, 0.6) is 0 Å². The van der Waals surface area contributed by atoms with Crippen LogP contribution in [0.1, 0.15) is 19.3 Å². The lowest BCUT2D eigenvalue weighted by Gasteiger charge is -2.32. The summed E-state index contributed by atoms with van der Waals surface area (Å²) in [6.45, 7) is 0.145. The van der Waals surface area contributed by atoms with E-state index < -0.39 is 32.8 Å². The van der Waals surface area contributed by atoms with E-state index in [9.17, 15) is 17.6 Å². The maximum absolute atomic E-state index is 13.6. The van der Waals surface area contributed by atoms with E-state index in [1.54, 1.807) is 0 Å². The SMILES string of the molecule is NC(=O)C1CCCCN1S(=O)(=O)c1ncccc1F. The number of aromatic nitrogens is 1. The molecule has 1 aliphatic rings. The molecule has 2 rings (SSSR count). The highest BCUT2D eigenvalue weighted by Gasteiger charge is 2.38. The van der Waals surface area contributed by atoms with E-state index in [-0.39, 0.29) is 6.54 Å². The highest BCUT2D eigenvalue weighted by Crippen LogP contribution is 2.25. The summed E-state index contributed by atoms with van der Waals surface area (Å²) in [7, 11) is -4.14. The number of nitrogens with zero attached hydrogens (tertiary/aromatic N) is 2. The molecule has 2 N–H and O–H groups in total. The molecule has 0 bridgehead atoms. The summed E-state index contributed by atoms with van der Waals surface area (Å²) >= 11 is 0. The first kappa shape index (κ1) is 13.9. The summed E-state index contributed by atoms with van der Waals surface area (Å²) in [5.41, 5.74) is 5.21. The van der Waals surface area contributed by atoms with Crippen molar-refractivity contribution >= 4 is 15.9 Å². The summed E-state index contributed by atoms with van der Waals surface area (Å²) in [6.07, 6.45) is 2.87. The maximum Gasteiger partial charge on any atom is 0.264 e. The second-order valence-electron chi connectivity index (χ2n) is 4.32. The minimum Gasteiger partial charge on any atom is -0.368 e. The molecule has 1 aliphatic heterocycles. The Hall–Kier alpha value is -1.54. The van der Waals surface area contributed by atoms with Gasteiger partial charge in [-0.25, -0.2) is 17.8 Å². The number of nitrogens with two attached hydrogens (primary N) is 1. The lowest BCUT2D eigenvalue weighted by atomic mass is 10.0. The van der Waals surface area contributed by atoms with Gasteiger partial charge in [-0.15, -0.1) is 0 Å². The van der Waals surface area contributed by atoms with E-state index in [1.807, 2.05) is 0 Å². The van der Waals surface area contributed by atoms with Crippen LogP contribution in [0.2, 0.25) is 0 Å². The van der Waals surface area contributed by atoms with Gasteiger partial charge in [-0.1, -0.05) is 6.42 Å². The third kappa shape index (κ3) is 2.59. The number of rotatable bonds is 3. The molecular formula is C11H14FN3O3S. The van der Waals surface area contributed by atoms with Gasteiger partial charge in [-0.3, -0.25) is 4.79 Å².